The fourth-order valence-corrected chi connectivity index (χ4v) is 8.86. The Bertz CT molecular complexity index is 3290. The van der Waals surface area contributed by atoms with Crippen LogP contribution in [0.25, 0.3) is 110 Å². The summed E-state index contributed by atoms with van der Waals surface area (Å²) in [6, 6.07) is 57.3. The van der Waals surface area contributed by atoms with E-state index in [1.807, 2.05) is 12.4 Å². The van der Waals surface area contributed by atoms with Gasteiger partial charge in [0, 0.05) is 56.0 Å². The van der Waals surface area contributed by atoms with Crippen molar-refractivity contribution < 1.29 is 0 Å². The van der Waals surface area contributed by atoms with Crippen molar-refractivity contribution in [3.8, 4) is 44.9 Å². The average Bonchev–Trinajstić information content (AvgIpc) is 3.84. The monoisotopic (exact) mass is 660 g/mol. The molecule has 0 radical (unpaired) electrons. The van der Waals surface area contributed by atoms with Crippen molar-refractivity contribution in [1.82, 2.24) is 19.1 Å². The lowest BCUT2D eigenvalue weighted by atomic mass is 10.00. The van der Waals surface area contributed by atoms with Crippen LogP contribution in [0.2, 0.25) is 0 Å². The lowest BCUT2D eigenvalue weighted by Crippen LogP contribution is -1.98. The van der Waals surface area contributed by atoms with Gasteiger partial charge < -0.3 is 4.57 Å². The second-order valence-electron chi connectivity index (χ2n) is 13.8. The summed E-state index contributed by atoms with van der Waals surface area (Å²) in [5, 5.41) is 8.64. The van der Waals surface area contributed by atoms with Crippen LogP contribution in [0, 0.1) is 0 Å². The standard InChI is InChI=1S/C48H28N4/c1-2-10-32(11-3-1)51-44-21-18-31(26-40(44)37-20-17-29-9-4-5-12-33(29)48(37)51)30-19-22-45-39(25-30)34-13-6-7-16-43(34)52(45)46-27-38-35-14-8-15-42-47(35)36(23-24-49-42)41(38)28-50-46/h1-28H. The predicted octanol–water partition coefficient (Wildman–Crippen LogP) is 12.3. The van der Waals surface area contributed by atoms with Crippen molar-refractivity contribution in [2.75, 3.05) is 0 Å². The lowest BCUT2D eigenvalue weighted by Gasteiger charge is -2.11. The average molecular weight is 661 g/mol. The molecule has 7 aromatic carbocycles. The van der Waals surface area contributed by atoms with E-state index in [1.165, 1.54) is 82.2 Å². The largest absolute Gasteiger partial charge is 0.309 e. The number of aromatic nitrogens is 4. The lowest BCUT2D eigenvalue weighted by molar-refractivity contribution is 1.08. The second kappa shape index (κ2) is 10.3. The molecule has 0 fully saturated rings. The predicted molar refractivity (Wildman–Crippen MR) is 216 cm³/mol. The van der Waals surface area contributed by atoms with E-state index in [0.29, 0.717) is 0 Å². The number of hydrogen-bond donors (Lipinski definition) is 0. The molecule has 0 atom stereocenters. The molecule has 0 amide bonds. The Kier molecular flexibility index (Phi) is 5.47. The van der Waals surface area contributed by atoms with Gasteiger partial charge in [-0.2, -0.15) is 0 Å². The number of hydrogen-bond acceptors (Lipinski definition) is 2. The first kappa shape index (κ1) is 27.7. The van der Waals surface area contributed by atoms with Crippen LogP contribution < -0.4 is 0 Å². The molecule has 4 nitrogen and oxygen atoms in total. The second-order valence-corrected chi connectivity index (χ2v) is 13.8. The van der Waals surface area contributed by atoms with Gasteiger partial charge in [-0.25, -0.2) is 4.98 Å². The number of benzene rings is 7. The normalized spacial score (nSPS) is 12.2. The van der Waals surface area contributed by atoms with E-state index in [0.717, 1.165) is 27.9 Å². The summed E-state index contributed by atoms with van der Waals surface area (Å²) in [5.41, 5.74) is 14.1. The first-order valence-electron chi connectivity index (χ1n) is 17.7. The van der Waals surface area contributed by atoms with E-state index in [1.54, 1.807) is 0 Å². The van der Waals surface area contributed by atoms with Crippen molar-refractivity contribution in [3.05, 3.63) is 170 Å². The van der Waals surface area contributed by atoms with Crippen LogP contribution in [0.3, 0.4) is 0 Å². The van der Waals surface area contributed by atoms with Gasteiger partial charge in [0.25, 0.3) is 0 Å². The van der Waals surface area contributed by atoms with E-state index in [4.69, 9.17) is 4.98 Å². The summed E-state index contributed by atoms with van der Waals surface area (Å²) in [6.45, 7) is 0. The molecule has 0 spiro atoms. The van der Waals surface area contributed by atoms with Gasteiger partial charge in [0.15, 0.2) is 0 Å². The van der Waals surface area contributed by atoms with Crippen LogP contribution in [0.5, 0.6) is 0 Å². The summed E-state index contributed by atoms with van der Waals surface area (Å²) in [4.78, 5) is 9.74. The maximum atomic E-state index is 5.10. The highest BCUT2D eigenvalue weighted by Gasteiger charge is 2.24. The molecule has 1 aliphatic carbocycles. The molecule has 0 saturated heterocycles. The maximum Gasteiger partial charge on any atom is 0.138 e. The molecule has 1 aliphatic rings. The Balaban J connectivity index is 1.06. The van der Waals surface area contributed by atoms with Gasteiger partial charge in [0.2, 0.25) is 0 Å². The molecule has 4 aromatic heterocycles. The number of fused-ring (bicyclic) bond motifs is 11. The zero-order chi connectivity index (χ0) is 33.9. The third kappa shape index (κ3) is 3.70. The third-order valence-corrected chi connectivity index (χ3v) is 11.1. The molecule has 0 saturated carbocycles. The minimum Gasteiger partial charge on any atom is -0.309 e. The van der Waals surface area contributed by atoms with E-state index < -0.39 is 0 Å². The highest BCUT2D eigenvalue weighted by atomic mass is 15.1. The molecular weight excluding hydrogens is 633 g/mol. The van der Waals surface area contributed by atoms with Crippen molar-refractivity contribution in [2.45, 2.75) is 0 Å². The minimum atomic E-state index is 0.915. The molecule has 0 aliphatic heterocycles. The molecule has 0 bridgehead atoms. The van der Waals surface area contributed by atoms with Gasteiger partial charge in [-0.3, -0.25) is 9.55 Å². The van der Waals surface area contributed by atoms with Crippen molar-refractivity contribution in [1.29, 1.82) is 0 Å². The van der Waals surface area contributed by atoms with Crippen LogP contribution in [0.15, 0.2) is 170 Å². The number of para-hydroxylation sites is 2. The first-order valence-corrected chi connectivity index (χ1v) is 17.7. The van der Waals surface area contributed by atoms with Crippen LogP contribution in [0.1, 0.15) is 0 Å². The van der Waals surface area contributed by atoms with Gasteiger partial charge in [-0.1, -0.05) is 97.1 Å². The van der Waals surface area contributed by atoms with Gasteiger partial charge in [-0.15, -0.1) is 0 Å². The molecule has 240 valence electrons. The zero-order valence-electron chi connectivity index (χ0n) is 28.0. The minimum absolute atomic E-state index is 0.915. The highest BCUT2D eigenvalue weighted by molar-refractivity contribution is 6.20. The molecule has 4 heterocycles. The number of rotatable bonds is 3. The Hall–Kier alpha value is -7.04. The summed E-state index contributed by atoms with van der Waals surface area (Å²) >= 11 is 0. The Morgan fingerprint density at radius 1 is 0.404 bits per heavy atom. The van der Waals surface area contributed by atoms with Crippen LogP contribution in [-0.4, -0.2) is 19.1 Å². The van der Waals surface area contributed by atoms with Crippen LogP contribution in [0.4, 0.5) is 0 Å². The van der Waals surface area contributed by atoms with E-state index >= 15 is 0 Å². The summed E-state index contributed by atoms with van der Waals surface area (Å²) < 4.78 is 4.74. The fraction of sp³-hybridized carbons (Fsp3) is 0. The molecular formula is C48H28N4. The third-order valence-electron chi connectivity index (χ3n) is 11.1. The van der Waals surface area contributed by atoms with E-state index in [9.17, 15) is 0 Å². The zero-order valence-corrected chi connectivity index (χ0v) is 28.0. The topological polar surface area (TPSA) is 35.6 Å². The van der Waals surface area contributed by atoms with Crippen molar-refractivity contribution in [2.24, 2.45) is 0 Å². The SMILES string of the molecule is c1ccc(-n2c3ccc(-c4ccc5c(c4)c4ccccc4n5-c4cc5c(cn4)-c4ccnc6cccc-5c46)cc3c3ccc4ccccc4c32)cc1. The number of nitrogens with zero attached hydrogens (tertiary/aromatic N) is 4. The smallest absolute Gasteiger partial charge is 0.138 e. The summed E-state index contributed by atoms with van der Waals surface area (Å²) in [6.07, 6.45) is 3.94. The Morgan fingerprint density at radius 2 is 1.12 bits per heavy atom. The first-order chi connectivity index (χ1) is 25.8. The van der Waals surface area contributed by atoms with Crippen LogP contribution in [-0.2, 0) is 0 Å². The fourth-order valence-electron chi connectivity index (χ4n) is 8.86. The highest BCUT2D eigenvalue weighted by Crippen LogP contribution is 2.47. The van der Waals surface area contributed by atoms with Gasteiger partial charge in [0.05, 0.1) is 27.6 Å². The molecule has 12 rings (SSSR count). The van der Waals surface area contributed by atoms with E-state index in [2.05, 4.69) is 172 Å². The molecule has 0 unspecified atom stereocenters. The molecule has 0 N–H and O–H groups in total. The summed E-state index contributed by atoms with van der Waals surface area (Å²) in [7, 11) is 0. The van der Waals surface area contributed by atoms with E-state index in [-0.39, 0.29) is 0 Å². The maximum absolute atomic E-state index is 5.10. The quantitative estimate of drug-likeness (QED) is 0.189. The summed E-state index contributed by atoms with van der Waals surface area (Å²) in [5.74, 6) is 0.915. The van der Waals surface area contributed by atoms with Gasteiger partial charge in [-0.05, 0) is 93.9 Å². The van der Waals surface area contributed by atoms with Crippen molar-refractivity contribution in [3.63, 3.8) is 0 Å². The molecule has 11 aromatic rings. The number of pyridine rings is 2. The molecule has 52 heavy (non-hydrogen) atoms. The Labute approximate surface area is 298 Å². The molecule has 4 heteroatoms. The Morgan fingerprint density at radius 3 is 1.98 bits per heavy atom. The van der Waals surface area contributed by atoms with Crippen LogP contribution >= 0.6 is 0 Å². The van der Waals surface area contributed by atoms with Gasteiger partial charge in [0.1, 0.15) is 5.82 Å². The van der Waals surface area contributed by atoms with Gasteiger partial charge >= 0.3 is 0 Å². The van der Waals surface area contributed by atoms with Crippen molar-refractivity contribution >= 4 is 65.3 Å².